The van der Waals surface area contributed by atoms with Crippen LogP contribution in [0.4, 0.5) is 0 Å². The molecule has 1 N–H and O–H groups in total. The summed E-state index contributed by atoms with van der Waals surface area (Å²) < 4.78 is 10.9. The second kappa shape index (κ2) is 5.85. The highest BCUT2D eigenvalue weighted by Crippen LogP contribution is 2.04. The highest BCUT2D eigenvalue weighted by Gasteiger charge is 2.12. The van der Waals surface area contributed by atoms with Crippen molar-refractivity contribution in [2.24, 2.45) is 0 Å². The molecule has 0 atom stereocenters. The molecule has 0 saturated carbocycles. The first kappa shape index (κ1) is 10.6. The minimum absolute atomic E-state index is 0.0672. The SMILES string of the molecule is c1ccc(CNCC2OCCCO2)cc1. The van der Waals surface area contributed by atoms with Crippen LogP contribution in [0, 0.1) is 0 Å². The van der Waals surface area contributed by atoms with Gasteiger partial charge in [-0.25, -0.2) is 0 Å². The summed E-state index contributed by atoms with van der Waals surface area (Å²) in [7, 11) is 0. The first-order valence-corrected chi connectivity index (χ1v) is 5.43. The molecule has 1 aliphatic rings. The summed E-state index contributed by atoms with van der Waals surface area (Å²) in [6, 6.07) is 10.3. The van der Waals surface area contributed by atoms with Crippen LogP contribution in [0.15, 0.2) is 30.3 Å². The van der Waals surface area contributed by atoms with Crippen LogP contribution >= 0.6 is 0 Å². The van der Waals surface area contributed by atoms with Crippen LogP contribution < -0.4 is 5.32 Å². The number of hydrogen-bond donors (Lipinski definition) is 1. The van der Waals surface area contributed by atoms with E-state index in [1.165, 1.54) is 5.56 Å². The number of benzene rings is 1. The zero-order chi connectivity index (χ0) is 10.3. The van der Waals surface area contributed by atoms with Gasteiger partial charge >= 0.3 is 0 Å². The Balaban J connectivity index is 1.66. The Morgan fingerprint density at radius 2 is 1.87 bits per heavy atom. The molecular formula is C12H17NO2. The van der Waals surface area contributed by atoms with Gasteiger partial charge in [0.1, 0.15) is 0 Å². The van der Waals surface area contributed by atoms with Crippen LogP contribution in [0.5, 0.6) is 0 Å². The normalized spacial score (nSPS) is 17.9. The summed E-state index contributed by atoms with van der Waals surface area (Å²) in [4.78, 5) is 0. The molecule has 1 aromatic rings. The quantitative estimate of drug-likeness (QED) is 0.812. The Labute approximate surface area is 90.4 Å². The third-order valence-corrected chi connectivity index (χ3v) is 2.38. The van der Waals surface area contributed by atoms with E-state index in [4.69, 9.17) is 9.47 Å². The first-order chi connectivity index (χ1) is 7.45. The average molecular weight is 207 g/mol. The molecule has 0 bridgehead atoms. The van der Waals surface area contributed by atoms with Crippen LogP contribution in [0.2, 0.25) is 0 Å². The van der Waals surface area contributed by atoms with Crippen LogP contribution in [-0.4, -0.2) is 26.0 Å². The molecule has 1 heterocycles. The van der Waals surface area contributed by atoms with Crippen molar-refractivity contribution in [1.82, 2.24) is 5.32 Å². The smallest absolute Gasteiger partial charge is 0.169 e. The molecule has 0 aliphatic carbocycles. The van der Waals surface area contributed by atoms with Crippen molar-refractivity contribution in [3.05, 3.63) is 35.9 Å². The fraction of sp³-hybridized carbons (Fsp3) is 0.500. The van der Waals surface area contributed by atoms with Gasteiger partial charge in [-0.2, -0.15) is 0 Å². The van der Waals surface area contributed by atoms with Crippen molar-refractivity contribution >= 4 is 0 Å². The fourth-order valence-corrected chi connectivity index (χ4v) is 1.58. The zero-order valence-electron chi connectivity index (χ0n) is 8.82. The van der Waals surface area contributed by atoms with Gasteiger partial charge in [0.15, 0.2) is 6.29 Å². The maximum absolute atomic E-state index is 5.43. The molecule has 2 rings (SSSR count). The maximum Gasteiger partial charge on any atom is 0.169 e. The molecule has 0 amide bonds. The topological polar surface area (TPSA) is 30.5 Å². The highest BCUT2D eigenvalue weighted by atomic mass is 16.7. The molecule has 0 radical (unpaired) electrons. The van der Waals surface area contributed by atoms with E-state index in [1.807, 2.05) is 18.2 Å². The van der Waals surface area contributed by atoms with Gasteiger partial charge in [0.05, 0.1) is 13.2 Å². The first-order valence-electron chi connectivity index (χ1n) is 5.43. The Morgan fingerprint density at radius 1 is 1.13 bits per heavy atom. The van der Waals surface area contributed by atoms with Gasteiger partial charge in [0, 0.05) is 13.1 Å². The summed E-state index contributed by atoms with van der Waals surface area (Å²) in [5.74, 6) is 0. The van der Waals surface area contributed by atoms with E-state index in [1.54, 1.807) is 0 Å². The Kier molecular flexibility index (Phi) is 4.14. The summed E-state index contributed by atoms with van der Waals surface area (Å²) in [5.41, 5.74) is 1.29. The highest BCUT2D eigenvalue weighted by molar-refractivity contribution is 5.14. The molecule has 15 heavy (non-hydrogen) atoms. The second-order valence-corrected chi connectivity index (χ2v) is 3.64. The van der Waals surface area contributed by atoms with E-state index in [9.17, 15) is 0 Å². The number of rotatable bonds is 4. The zero-order valence-corrected chi connectivity index (χ0v) is 8.82. The number of nitrogens with one attached hydrogen (secondary N) is 1. The molecule has 82 valence electrons. The van der Waals surface area contributed by atoms with E-state index in [2.05, 4.69) is 17.4 Å². The lowest BCUT2D eigenvalue weighted by atomic mass is 10.2. The summed E-state index contributed by atoms with van der Waals surface area (Å²) in [6.45, 7) is 3.26. The minimum Gasteiger partial charge on any atom is -0.351 e. The molecular weight excluding hydrogens is 190 g/mol. The van der Waals surface area contributed by atoms with Crippen LogP contribution in [0.25, 0.3) is 0 Å². The predicted molar refractivity (Wildman–Crippen MR) is 58.5 cm³/mol. The lowest BCUT2D eigenvalue weighted by Gasteiger charge is -2.23. The maximum atomic E-state index is 5.43. The number of ether oxygens (including phenoxy) is 2. The van der Waals surface area contributed by atoms with Crippen molar-refractivity contribution in [3.63, 3.8) is 0 Å². The van der Waals surface area contributed by atoms with Gasteiger partial charge in [-0.05, 0) is 12.0 Å². The Bertz CT molecular complexity index is 270. The van der Waals surface area contributed by atoms with Gasteiger partial charge in [-0.15, -0.1) is 0 Å². The molecule has 1 fully saturated rings. The lowest BCUT2D eigenvalue weighted by Crippen LogP contribution is -2.34. The third-order valence-electron chi connectivity index (χ3n) is 2.38. The summed E-state index contributed by atoms with van der Waals surface area (Å²) in [6.07, 6.45) is 0.942. The molecule has 1 aromatic carbocycles. The summed E-state index contributed by atoms with van der Waals surface area (Å²) >= 11 is 0. The standard InChI is InChI=1S/C12H17NO2/c1-2-5-11(6-3-1)9-13-10-12-14-7-4-8-15-12/h1-3,5-6,12-13H,4,7-10H2. The molecule has 3 nitrogen and oxygen atoms in total. The van der Waals surface area contributed by atoms with Crippen LogP contribution in [0.3, 0.4) is 0 Å². The predicted octanol–water partition coefficient (Wildman–Crippen LogP) is 1.54. The van der Waals surface area contributed by atoms with Gasteiger partial charge < -0.3 is 14.8 Å². The van der Waals surface area contributed by atoms with E-state index >= 15 is 0 Å². The number of hydrogen-bond acceptors (Lipinski definition) is 3. The van der Waals surface area contributed by atoms with E-state index in [0.29, 0.717) is 0 Å². The molecule has 1 aliphatic heterocycles. The molecule has 3 heteroatoms. The van der Waals surface area contributed by atoms with Crippen molar-refractivity contribution < 1.29 is 9.47 Å². The van der Waals surface area contributed by atoms with E-state index in [-0.39, 0.29) is 6.29 Å². The van der Waals surface area contributed by atoms with Crippen LogP contribution in [-0.2, 0) is 16.0 Å². The van der Waals surface area contributed by atoms with E-state index in [0.717, 1.165) is 32.7 Å². The van der Waals surface area contributed by atoms with Crippen molar-refractivity contribution in [3.8, 4) is 0 Å². The second-order valence-electron chi connectivity index (χ2n) is 3.64. The average Bonchev–Trinajstić information content (AvgIpc) is 2.32. The molecule has 1 saturated heterocycles. The molecule has 0 unspecified atom stereocenters. The van der Waals surface area contributed by atoms with Gasteiger partial charge in [-0.3, -0.25) is 0 Å². The van der Waals surface area contributed by atoms with E-state index < -0.39 is 0 Å². The summed E-state index contributed by atoms with van der Waals surface area (Å²) in [5, 5.41) is 3.32. The fourth-order valence-electron chi connectivity index (χ4n) is 1.58. The van der Waals surface area contributed by atoms with Crippen molar-refractivity contribution in [2.75, 3.05) is 19.8 Å². The Morgan fingerprint density at radius 3 is 2.60 bits per heavy atom. The van der Waals surface area contributed by atoms with Gasteiger partial charge in [-0.1, -0.05) is 30.3 Å². The van der Waals surface area contributed by atoms with Gasteiger partial charge in [0.25, 0.3) is 0 Å². The lowest BCUT2D eigenvalue weighted by molar-refractivity contribution is -0.175. The largest absolute Gasteiger partial charge is 0.351 e. The third kappa shape index (κ3) is 3.63. The monoisotopic (exact) mass is 207 g/mol. The Hall–Kier alpha value is -0.900. The van der Waals surface area contributed by atoms with Crippen molar-refractivity contribution in [1.29, 1.82) is 0 Å². The van der Waals surface area contributed by atoms with Crippen LogP contribution in [0.1, 0.15) is 12.0 Å². The van der Waals surface area contributed by atoms with Crippen molar-refractivity contribution in [2.45, 2.75) is 19.3 Å². The molecule has 0 aromatic heterocycles. The molecule has 0 spiro atoms. The van der Waals surface area contributed by atoms with Gasteiger partial charge in [0.2, 0.25) is 0 Å². The minimum atomic E-state index is -0.0672.